The van der Waals surface area contributed by atoms with Gasteiger partial charge in [-0.05, 0) is 49.8 Å². The Labute approximate surface area is 126 Å². The smallest absolute Gasteiger partial charge is 0.0465 e. The summed E-state index contributed by atoms with van der Waals surface area (Å²) in [5, 5.41) is 2.35. The summed E-state index contributed by atoms with van der Waals surface area (Å²) in [7, 11) is 0. The Morgan fingerprint density at radius 1 is 1.00 bits per heavy atom. The number of pyridine rings is 1. The molecule has 3 nitrogen and oxygen atoms in total. The second kappa shape index (κ2) is 5.21. The first-order chi connectivity index (χ1) is 10.3. The Kier molecular flexibility index (Phi) is 3.21. The van der Waals surface area contributed by atoms with Crippen molar-refractivity contribution in [3.05, 3.63) is 30.6 Å². The van der Waals surface area contributed by atoms with Crippen LogP contribution in [-0.4, -0.2) is 17.6 Å². The minimum absolute atomic E-state index is 0.722. The molecule has 0 spiro atoms. The van der Waals surface area contributed by atoms with Crippen molar-refractivity contribution in [1.29, 1.82) is 0 Å². The van der Waals surface area contributed by atoms with Crippen molar-refractivity contribution in [2.24, 2.45) is 5.92 Å². The SMILES string of the molecule is Nc1ccc(N2CCC[C@H]3CCCC[C@H]32)c2cnccc12. The molecule has 2 N–H and O–H groups in total. The molecule has 2 aromatic rings. The molecule has 1 saturated heterocycles. The van der Waals surface area contributed by atoms with Crippen molar-refractivity contribution in [3.8, 4) is 0 Å². The molecule has 2 fully saturated rings. The lowest BCUT2D eigenvalue weighted by Gasteiger charge is -2.45. The lowest BCUT2D eigenvalue weighted by molar-refractivity contribution is 0.244. The van der Waals surface area contributed by atoms with E-state index in [0.717, 1.165) is 23.0 Å². The largest absolute Gasteiger partial charge is 0.398 e. The van der Waals surface area contributed by atoms with Gasteiger partial charge in [0.15, 0.2) is 0 Å². The summed E-state index contributed by atoms with van der Waals surface area (Å²) in [5.74, 6) is 0.886. The molecule has 2 heterocycles. The van der Waals surface area contributed by atoms with Crippen molar-refractivity contribution in [2.45, 2.75) is 44.6 Å². The molecule has 0 amide bonds. The fraction of sp³-hybridized carbons (Fsp3) is 0.500. The van der Waals surface area contributed by atoms with Crippen LogP contribution >= 0.6 is 0 Å². The van der Waals surface area contributed by atoms with Crippen LogP contribution in [0.5, 0.6) is 0 Å². The number of hydrogen-bond donors (Lipinski definition) is 1. The monoisotopic (exact) mass is 281 g/mol. The number of nitrogens with two attached hydrogens (primary N) is 1. The first-order valence-electron chi connectivity index (χ1n) is 8.23. The highest BCUT2D eigenvalue weighted by atomic mass is 15.2. The van der Waals surface area contributed by atoms with Crippen LogP contribution in [0.4, 0.5) is 11.4 Å². The van der Waals surface area contributed by atoms with Crippen LogP contribution in [0.3, 0.4) is 0 Å². The Morgan fingerprint density at radius 3 is 2.81 bits per heavy atom. The van der Waals surface area contributed by atoms with E-state index < -0.39 is 0 Å². The number of fused-ring (bicyclic) bond motifs is 2. The van der Waals surface area contributed by atoms with E-state index in [1.807, 2.05) is 18.5 Å². The topological polar surface area (TPSA) is 42.1 Å². The second-order valence-corrected chi connectivity index (χ2v) is 6.54. The normalized spacial score (nSPS) is 25.8. The fourth-order valence-electron chi connectivity index (χ4n) is 4.37. The van der Waals surface area contributed by atoms with Gasteiger partial charge in [0.05, 0.1) is 0 Å². The van der Waals surface area contributed by atoms with Gasteiger partial charge in [-0.2, -0.15) is 0 Å². The van der Waals surface area contributed by atoms with Crippen molar-refractivity contribution < 1.29 is 0 Å². The number of aromatic nitrogens is 1. The first-order valence-corrected chi connectivity index (χ1v) is 8.23. The molecule has 0 radical (unpaired) electrons. The maximum Gasteiger partial charge on any atom is 0.0465 e. The highest BCUT2D eigenvalue weighted by Crippen LogP contribution is 2.40. The molecule has 0 bridgehead atoms. The highest BCUT2D eigenvalue weighted by Gasteiger charge is 2.33. The van der Waals surface area contributed by atoms with Gasteiger partial charge in [0, 0.05) is 47.1 Å². The zero-order valence-electron chi connectivity index (χ0n) is 12.5. The molecule has 2 aliphatic rings. The summed E-state index contributed by atoms with van der Waals surface area (Å²) in [6, 6.07) is 7.02. The molecule has 1 aliphatic carbocycles. The Hall–Kier alpha value is -1.77. The number of rotatable bonds is 1. The maximum absolute atomic E-state index is 6.14. The number of anilines is 2. The van der Waals surface area contributed by atoms with E-state index in [9.17, 15) is 0 Å². The summed E-state index contributed by atoms with van der Waals surface area (Å²) in [5.41, 5.74) is 8.33. The molecule has 1 aromatic carbocycles. The number of piperidine rings is 1. The first kappa shape index (κ1) is 12.9. The lowest BCUT2D eigenvalue weighted by Crippen LogP contribution is -2.47. The van der Waals surface area contributed by atoms with Gasteiger partial charge < -0.3 is 10.6 Å². The molecule has 1 aliphatic heterocycles. The molecule has 2 atom stereocenters. The third kappa shape index (κ3) is 2.15. The summed E-state index contributed by atoms with van der Waals surface area (Å²) in [6.45, 7) is 1.18. The number of hydrogen-bond acceptors (Lipinski definition) is 3. The predicted octanol–water partition coefficient (Wildman–Crippen LogP) is 3.98. The quantitative estimate of drug-likeness (QED) is 0.804. The van der Waals surface area contributed by atoms with Crippen molar-refractivity contribution in [1.82, 2.24) is 4.98 Å². The van der Waals surface area contributed by atoms with Crippen molar-refractivity contribution >= 4 is 22.1 Å². The zero-order valence-corrected chi connectivity index (χ0v) is 12.5. The molecular formula is C18H23N3. The highest BCUT2D eigenvalue weighted by molar-refractivity contribution is 6.00. The van der Waals surface area contributed by atoms with Gasteiger partial charge >= 0.3 is 0 Å². The van der Waals surface area contributed by atoms with E-state index >= 15 is 0 Å². The summed E-state index contributed by atoms with van der Waals surface area (Å²) >= 11 is 0. The lowest BCUT2D eigenvalue weighted by atomic mass is 9.78. The van der Waals surface area contributed by atoms with E-state index in [2.05, 4.69) is 22.0 Å². The van der Waals surface area contributed by atoms with E-state index in [1.54, 1.807) is 0 Å². The maximum atomic E-state index is 6.14. The van der Waals surface area contributed by atoms with Crippen LogP contribution in [0.15, 0.2) is 30.6 Å². The number of nitrogen functional groups attached to an aromatic ring is 1. The molecule has 1 saturated carbocycles. The van der Waals surface area contributed by atoms with Gasteiger partial charge in [-0.25, -0.2) is 0 Å². The minimum Gasteiger partial charge on any atom is -0.398 e. The molecule has 3 heteroatoms. The summed E-state index contributed by atoms with van der Waals surface area (Å²) in [6.07, 6.45) is 12.1. The van der Waals surface area contributed by atoms with Crippen LogP contribution < -0.4 is 10.6 Å². The molecule has 21 heavy (non-hydrogen) atoms. The van der Waals surface area contributed by atoms with E-state index in [4.69, 9.17) is 5.73 Å². The van der Waals surface area contributed by atoms with E-state index in [1.165, 1.54) is 56.1 Å². The third-order valence-corrected chi connectivity index (χ3v) is 5.38. The van der Waals surface area contributed by atoms with Crippen LogP contribution in [0, 0.1) is 5.92 Å². The van der Waals surface area contributed by atoms with Gasteiger partial charge in [-0.3, -0.25) is 4.98 Å². The van der Waals surface area contributed by atoms with Gasteiger partial charge in [-0.15, -0.1) is 0 Å². The Bertz CT molecular complexity index is 650. The van der Waals surface area contributed by atoms with Gasteiger partial charge in [-0.1, -0.05) is 12.8 Å². The van der Waals surface area contributed by atoms with Crippen LogP contribution in [0.25, 0.3) is 10.8 Å². The predicted molar refractivity (Wildman–Crippen MR) is 88.5 cm³/mol. The van der Waals surface area contributed by atoms with Crippen molar-refractivity contribution in [3.63, 3.8) is 0 Å². The van der Waals surface area contributed by atoms with E-state index in [0.29, 0.717) is 0 Å². The fourth-order valence-corrected chi connectivity index (χ4v) is 4.37. The molecule has 110 valence electrons. The Morgan fingerprint density at radius 2 is 1.86 bits per heavy atom. The van der Waals surface area contributed by atoms with Gasteiger partial charge in [0.1, 0.15) is 0 Å². The molecule has 1 aromatic heterocycles. The standard InChI is InChI=1S/C18H23N3/c19-16-7-8-18(15-12-20-10-9-14(15)16)21-11-3-5-13-4-1-2-6-17(13)21/h7-10,12-13,17H,1-6,11,19H2/t13-,17-/m1/s1. The van der Waals surface area contributed by atoms with Crippen LogP contribution in [0.2, 0.25) is 0 Å². The molecule has 4 rings (SSSR count). The minimum atomic E-state index is 0.722. The Balaban J connectivity index is 1.80. The molecular weight excluding hydrogens is 258 g/mol. The number of benzene rings is 1. The molecule has 0 unspecified atom stereocenters. The van der Waals surface area contributed by atoms with Gasteiger partial charge in [0.2, 0.25) is 0 Å². The summed E-state index contributed by atoms with van der Waals surface area (Å²) in [4.78, 5) is 6.98. The second-order valence-electron chi connectivity index (χ2n) is 6.54. The van der Waals surface area contributed by atoms with Gasteiger partial charge in [0.25, 0.3) is 0 Å². The average Bonchev–Trinajstić information content (AvgIpc) is 2.55. The average molecular weight is 281 g/mol. The zero-order chi connectivity index (χ0) is 14.2. The van der Waals surface area contributed by atoms with Crippen molar-refractivity contribution in [2.75, 3.05) is 17.2 Å². The van der Waals surface area contributed by atoms with Crippen LogP contribution in [-0.2, 0) is 0 Å². The summed E-state index contributed by atoms with van der Waals surface area (Å²) < 4.78 is 0. The van der Waals surface area contributed by atoms with Crippen LogP contribution in [0.1, 0.15) is 38.5 Å². The third-order valence-electron chi connectivity index (χ3n) is 5.38. The van der Waals surface area contributed by atoms with E-state index in [-0.39, 0.29) is 0 Å². The number of nitrogens with zero attached hydrogens (tertiary/aromatic N) is 2.